The Morgan fingerprint density at radius 2 is 1.96 bits per heavy atom. The summed E-state index contributed by atoms with van der Waals surface area (Å²) in [4.78, 5) is 27.4. The molecule has 140 valence electrons. The van der Waals surface area contributed by atoms with Gasteiger partial charge in [-0.1, -0.05) is 29.8 Å². The van der Waals surface area contributed by atoms with E-state index in [2.05, 4.69) is 5.32 Å². The van der Waals surface area contributed by atoms with Crippen molar-refractivity contribution in [2.24, 2.45) is 0 Å². The summed E-state index contributed by atoms with van der Waals surface area (Å²) in [5.74, 6) is -0.342. The quantitative estimate of drug-likeness (QED) is 0.809. The second kappa shape index (κ2) is 9.01. The molecule has 0 saturated carbocycles. The smallest absolute Gasteiger partial charge is 0.263 e. The molecule has 0 aliphatic rings. The molecule has 26 heavy (non-hydrogen) atoms. The van der Waals surface area contributed by atoms with E-state index >= 15 is 0 Å². The van der Waals surface area contributed by atoms with Crippen molar-refractivity contribution in [2.75, 3.05) is 27.2 Å². The molecule has 1 N–H and O–H groups in total. The highest BCUT2D eigenvalue weighted by Crippen LogP contribution is 2.15. The van der Waals surface area contributed by atoms with Crippen molar-refractivity contribution < 1.29 is 4.79 Å². The molecule has 1 unspecified atom stereocenters. The number of aromatic nitrogens is 1. The van der Waals surface area contributed by atoms with E-state index in [9.17, 15) is 9.59 Å². The van der Waals surface area contributed by atoms with Crippen molar-refractivity contribution in [3.63, 3.8) is 0 Å². The van der Waals surface area contributed by atoms with Gasteiger partial charge in [-0.15, -0.1) is 0 Å². The zero-order chi connectivity index (χ0) is 19.3. The highest BCUT2D eigenvalue weighted by atomic mass is 35.5. The predicted molar refractivity (Wildman–Crippen MR) is 106 cm³/mol. The van der Waals surface area contributed by atoms with E-state index in [1.807, 2.05) is 56.3 Å². The summed E-state index contributed by atoms with van der Waals surface area (Å²) in [5, 5.41) is 3.52. The molecule has 0 fully saturated rings. The second-order valence-electron chi connectivity index (χ2n) is 6.79. The third-order valence-electron chi connectivity index (χ3n) is 4.30. The average molecular weight is 376 g/mol. The summed E-state index contributed by atoms with van der Waals surface area (Å²) in [6.07, 6.45) is 2.37. The van der Waals surface area contributed by atoms with E-state index in [0.29, 0.717) is 23.6 Å². The number of carbonyl (C=O) groups excluding carboxylic acids is 1. The largest absolute Gasteiger partial charge is 0.352 e. The van der Waals surface area contributed by atoms with Crippen LogP contribution in [0.4, 0.5) is 0 Å². The third-order valence-corrected chi connectivity index (χ3v) is 4.67. The Balaban J connectivity index is 2.13. The van der Waals surface area contributed by atoms with Gasteiger partial charge >= 0.3 is 0 Å². The van der Waals surface area contributed by atoms with Gasteiger partial charge in [-0.25, -0.2) is 0 Å². The Labute approximate surface area is 159 Å². The fourth-order valence-corrected chi connectivity index (χ4v) is 3.21. The zero-order valence-corrected chi connectivity index (χ0v) is 16.5. The van der Waals surface area contributed by atoms with Gasteiger partial charge < -0.3 is 14.8 Å². The lowest BCUT2D eigenvalue weighted by atomic mass is 10.1. The van der Waals surface area contributed by atoms with Gasteiger partial charge in [-0.2, -0.15) is 0 Å². The normalized spacial score (nSPS) is 12.2. The van der Waals surface area contributed by atoms with Crippen LogP contribution in [0, 0.1) is 6.92 Å². The Morgan fingerprint density at radius 1 is 1.27 bits per heavy atom. The van der Waals surface area contributed by atoms with Crippen molar-refractivity contribution in [1.82, 2.24) is 14.8 Å². The van der Waals surface area contributed by atoms with E-state index in [-0.39, 0.29) is 23.1 Å². The highest BCUT2D eigenvalue weighted by Gasteiger charge is 2.18. The van der Waals surface area contributed by atoms with Crippen LogP contribution in [0.25, 0.3) is 0 Å². The van der Waals surface area contributed by atoms with Crippen molar-refractivity contribution in [3.8, 4) is 0 Å². The first kappa shape index (κ1) is 20.2. The molecule has 0 spiro atoms. The van der Waals surface area contributed by atoms with E-state index in [4.69, 9.17) is 11.6 Å². The van der Waals surface area contributed by atoms with E-state index in [0.717, 1.165) is 12.1 Å². The standard InChI is InChI=1S/C20H26ClN3O2/c1-14-10-12-24(15(2)13-23(3)4)20(26)18(14)19(25)22-11-9-16-7-5-6-8-17(16)21/h5-8,10,12,15H,9,11,13H2,1-4H3,(H,22,25). The summed E-state index contributed by atoms with van der Waals surface area (Å²) >= 11 is 6.13. The van der Waals surface area contributed by atoms with Gasteiger partial charge in [0, 0.05) is 30.4 Å². The molecule has 1 aromatic carbocycles. The second-order valence-corrected chi connectivity index (χ2v) is 7.20. The fraction of sp³-hybridized carbons (Fsp3) is 0.400. The van der Waals surface area contributed by atoms with Gasteiger partial charge in [-0.05, 0) is 57.6 Å². The van der Waals surface area contributed by atoms with Gasteiger partial charge in [0.05, 0.1) is 0 Å². The van der Waals surface area contributed by atoms with Crippen LogP contribution in [0.5, 0.6) is 0 Å². The van der Waals surface area contributed by atoms with Crippen LogP contribution in [0.1, 0.15) is 34.5 Å². The van der Waals surface area contributed by atoms with Crippen molar-refractivity contribution in [2.45, 2.75) is 26.3 Å². The number of halogens is 1. The number of aryl methyl sites for hydroxylation is 1. The number of amides is 1. The molecule has 2 rings (SSSR count). The van der Waals surface area contributed by atoms with Crippen LogP contribution in [0.3, 0.4) is 0 Å². The molecule has 0 aliphatic heterocycles. The fourth-order valence-electron chi connectivity index (χ4n) is 2.98. The Hall–Kier alpha value is -2.11. The molecule has 1 atom stereocenters. The molecule has 6 heteroatoms. The van der Waals surface area contributed by atoms with Crippen molar-refractivity contribution >= 4 is 17.5 Å². The van der Waals surface area contributed by atoms with Crippen LogP contribution in [0.15, 0.2) is 41.3 Å². The molecule has 0 bridgehead atoms. The monoisotopic (exact) mass is 375 g/mol. The first-order chi connectivity index (χ1) is 12.3. The first-order valence-corrected chi connectivity index (χ1v) is 9.07. The lowest BCUT2D eigenvalue weighted by Crippen LogP contribution is -2.37. The van der Waals surface area contributed by atoms with Gasteiger partial charge in [0.1, 0.15) is 5.56 Å². The minimum absolute atomic E-state index is 0.0206. The van der Waals surface area contributed by atoms with Crippen molar-refractivity contribution in [1.29, 1.82) is 0 Å². The van der Waals surface area contributed by atoms with Gasteiger partial charge in [-0.3, -0.25) is 9.59 Å². The third kappa shape index (κ3) is 4.96. The molecule has 2 aromatic rings. The van der Waals surface area contributed by atoms with Crippen LogP contribution >= 0.6 is 11.6 Å². The molecule has 1 aromatic heterocycles. The molecule has 0 saturated heterocycles. The molecular formula is C20H26ClN3O2. The van der Waals surface area contributed by atoms with Crippen molar-refractivity contribution in [3.05, 3.63) is 68.6 Å². The lowest BCUT2D eigenvalue weighted by Gasteiger charge is -2.20. The zero-order valence-electron chi connectivity index (χ0n) is 15.8. The van der Waals surface area contributed by atoms with Crippen LogP contribution in [-0.4, -0.2) is 42.6 Å². The number of pyridine rings is 1. The number of hydrogen-bond acceptors (Lipinski definition) is 3. The number of nitrogens with one attached hydrogen (secondary N) is 1. The maximum atomic E-state index is 12.8. The number of hydrogen-bond donors (Lipinski definition) is 1. The van der Waals surface area contributed by atoms with E-state index in [1.54, 1.807) is 17.7 Å². The van der Waals surface area contributed by atoms with Crippen LogP contribution < -0.4 is 10.9 Å². The lowest BCUT2D eigenvalue weighted by molar-refractivity contribution is 0.0951. The number of rotatable bonds is 7. The van der Waals surface area contributed by atoms with Gasteiger partial charge in [0.25, 0.3) is 11.5 Å². The summed E-state index contributed by atoms with van der Waals surface area (Å²) in [6, 6.07) is 9.33. The maximum Gasteiger partial charge on any atom is 0.263 e. The molecule has 0 radical (unpaired) electrons. The van der Waals surface area contributed by atoms with Gasteiger partial charge in [0.15, 0.2) is 0 Å². The SMILES string of the molecule is Cc1ccn(C(C)CN(C)C)c(=O)c1C(=O)NCCc1ccccc1Cl. The number of nitrogens with zero attached hydrogens (tertiary/aromatic N) is 2. The number of benzene rings is 1. The number of likely N-dealkylation sites (N-methyl/N-ethyl adjacent to an activating group) is 1. The Kier molecular flexibility index (Phi) is 7.00. The average Bonchev–Trinajstić information content (AvgIpc) is 2.56. The molecular weight excluding hydrogens is 350 g/mol. The van der Waals surface area contributed by atoms with E-state index in [1.165, 1.54) is 0 Å². The minimum Gasteiger partial charge on any atom is -0.352 e. The predicted octanol–water partition coefficient (Wildman–Crippen LogP) is 2.91. The molecule has 1 amide bonds. The minimum atomic E-state index is -0.342. The van der Waals surface area contributed by atoms with Crippen LogP contribution in [0.2, 0.25) is 5.02 Å². The Morgan fingerprint density at radius 3 is 2.62 bits per heavy atom. The topological polar surface area (TPSA) is 54.3 Å². The van der Waals surface area contributed by atoms with E-state index < -0.39 is 0 Å². The Bertz CT molecular complexity index is 830. The first-order valence-electron chi connectivity index (χ1n) is 8.69. The molecule has 5 nitrogen and oxygen atoms in total. The summed E-state index contributed by atoms with van der Waals surface area (Å²) in [7, 11) is 3.91. The summed E-state index contributed by atoms with van der Waals surface area (Å²) in [5.41, 5.74) is 1.60. The number of carbonyl (C=O) groups is 1. The molecule has 1 heterocycles. The highest BCUT2D eigenvalue weighted by molar-refractivity contribution is 6.31. The van der Waals surface area contributed by atoms with Gasteiger partial charge in [0.2, 0.25) is 0 Å². The molecule has 0 aliphatic carbocycles. The van der Waals surface area contributed by atoms with Crippen LogP contribution in [-0.2, 0) is 6.42 Å². The summed E-state index contributed by atoms with van der Waals surface area (Å²) in [6.45, 7) is 4.89. The summed E-state index contributed by atoms with van der Waals surface area (Å²) < 4.78 is 1.62. The maximum absolute atomic E-state index is 12.8.